The molecule has 0 saturated carbocycles. The maximum Gasteiger partial charge on any atom is 0.245 e. The molecule has 0 spiro atoms. The third kappa shape index (κ3) is 3.74. The van der Waals surface area contributed by atoms with E-state index in [0.29, 0.717) is 19.0 Å². The predicted molar refractivity (Wildman–Crippen MR) is 88.2 cm³/mol. The molecule has 1 aromatic heterocycles. The van der Waals surface area contributed by atoms with E-state index >= 15 is 0 Å². The van der Waals surface area contributed by atoms with Gasteiger partial charge in [-0.3, -0.25) is 4.79 Å². The van der Waals surface area contributed by atoms with Crippen LogP contribution in [0.3, 0.4) is 0 Å². The molecule has 23 heavy (non-hydrogen) atoms. The van der Waals surface area contributed by atoms with Crippen LogP contribution in [0.15, 0.2) is 36.5 Å². The zero-order valence-electron chi connectivity index (χ0n) is 13.1. The molecule has 120 valence electrons. The average molecular weight is 312 g/mol. The number of anilines is 2. The number of carbonyl (C=O) groups is 1. The second-order valence-corrected chi connectivity index (χ2v) is 5.54. The summed E-state index contributed by atoms with van der Waals surface area (Å²) in [7, 11) is 0. The number of piperazine rings is 1. The molecule has 1 N–H and O–H groups in total. The van der Waals surface area contributed by atoms with Crippen molar-refractivity contribution < 1.29 is 4.79 Å². The van der Waals surface area contributed by atoms with E-state index in [2.05, 4.69) is 44.5 Å². The van der Waals surface area contributed by atoms with Crippen LogP contribution < -0.4 is 10.2 Å². The molecular formula is C16H20N6O. The van der Waals surface area contributed by atoms with Crippen LogP contribution in [0.25, 0.3) is 0 Å². The highest BCUT2D eigenvalue weighted by Crippen LogP contribution is 2.18. The molecule has 7 nitrogen and oxygen atoms in total. The fraction of sp³-hybridized carbons (Fsp3) is 0.375. The lowest BCUT2D eigenvalue weighted by Gasteiger charge is -2.33. The van der Waals surface area contributed by atoms with Gasteiger partial charge in [-0.15, -0.1) is 5.10 Å². The normalized spacial score (nSPS) is 16.0. The van der Waals surface area contributed by atoms with Crippen molar-refractivity contribution in [3.05, 3.63) is 42.1 Å². The minimum Gasteiger partial charge on any atom is -0.352 e. The first-order chi connectivity index (χ1) is 11.3. The van der Waals surface area contributed by atoms with Gasteiger partial charge in [0, 0.05) is 26.2 Å². The van der Waals surface area contributed by atoms with Crippen molar-refractivity contribution in [2.24, 2.45) is 0 Å². The fourth-order valence-electron chi connectivity index (χ4n) is 2.58. The number of carbonyl (C=O) groups excluding carboxylic acids is 1. The van der Waals surface area contributed by atoms with Gasteiger partial charge in [0.25, 0.3) is 0 Å². The molecule has 0 bridgehead atoms. The first-order valence-corrected chi connectivity index (χ1v) is 7.72. The van der Waals surface area contributed by atoms with Crippen molar-refractivity contribution in [3.63, 3.8) is 0 Å². The van der Waals surface area contributed by atoms with E-state index in [0.717, 1.165) is 25.3 Å². The van der Waals surface area contributed by atoms with Crippen LogP contribution in [0, 0.1) is 0 Å². The van der Waals surface area contributed by atoms with Crippen LogP contribution in [-0.4, -0.2) is 52.7 Å². The zero-order chi connectivity index (χ0) is 16.1. The van der Waals surface area contributed by atoms with Gasteiger partial charge in [0.15, 0.2) is 5.82 Å². The quantitative estimate of drug-likeness (QED) is 0.840. The summed E-state index contributed by atoms with van der Waals surface area (Å²) in [6.07, 6.45) is 2.55. The van der Waals surface area contributed by atoms with Gasteiger partial charge in [0.05, 0.1) is 12.2 Å². The number of amides is 1. The third-order valence-electron chi connectivity index (χ3n) is 3.98. The Labute approximate surface area is 135 Å². The van der Waals surface area contributed by atoms with Gasteiger partial charge in [-0.1, -0.05) is 30.3 Å². The molecule has 7 heteroatoms. The molecule has 1 aliphatic heterocycles. The van der Waals surface area contributed by atoms with Crippen LogP contribution in [0.2, 0.25) is 0 Å². The highest BCUT2D eigenvalue weighted by atomic mass is 16.1. The van der Waals surface area contributed by atoms with E-state index in [4.69, 9.17) is 0 Å². The molecule has 1 fully saturated rings. The minimum atomic E-state index is 0.0974. The first-order valence-electron chi connectivity index (χ1n) is 7.72. The van der Waals surface area contributed by atoms with Crippen LogP contribution >= 0.6 is 0 Å². The Morgan fingerprint density at radius 3 is 2.61 bits per heavy atom. The summed E-state index contributed by atoms with van der Waals surface area (Å²) in [6.45, 7) is 4.98. The maximum atomic E-state index is 10.8. The van der Waals surface area contributed by atoms with Gasteiger partial charge in [-0.2, -0.15) is 10.1 Å². The van der Waals surface area contributed by atoms with E-state index in [1.807, 2.05) is 18.2 Å². The second-order valence-electron chi connectivity index (χ2n) is 5.54. The molecule has 0 aliphatic carbocycles. The number of hydrogen-bond acceptors (Lipinski definition) is 6. The number of benzene rings is 1. The number of rotatable bonds is 5. The lowest BCUT2D eigenvalue weighted by atomic mass is 10.1. The minimum absolute atomic E-state index is 0.0974. The van der Waals surface area contributed by atoms with E-state index in [9.17, 15) is 4.79 Å². The summed E-state index contributed by atoms with van der Waals surface area (Å²) in [5.41, 5.74) is 1.17. The van der Waals surface area contributed by atoms with E-state index in [1.165, 1.54) is 5.56 Å². The number of aromatic nitrogens is 3. The van der Waals surface area contributed by atoms with Crippen molar-refractivity contribution in [2.75, 3.05) is 36.4 Å². The topological polar surface area (TPSA) is 74.2 Å². The van der Waals surface area contributed by atoms with Crippen molar-refractivity contribution in [2.45, 2.75) is 13.0 Å². The van der Waals surface area contributed by atoms with Gasteiger partial charge in [-0.05, 0) is 12.5 Å². The van der Waals surface area contributed by atoms with E-state index < -0.39 is 0 Å². The van der Waals surface area contributed by atoms with Gasteiger partial charge < -0.3 is 15.1 Å². The lowest BCUT2D eigenvalue weighted by molar-refractivity contribution is -0.118. The molecule has 1 saturated heterocycles. The highest BCUT2D eigenvalue weighted by molar-refractivity contribution is 5.49. The Bertz CT molecular complexity index is 642. The molecule has 3 rings (SSSR count). The summed E-state index contributed by atoms with van der Waals surface area (Å²) >= 11 is 0. The van der Waals surface area contributed by atoms with Crippen LogP contribution in [0.1, 0.15) is 18.5 Å². The largest absolute Gasteiger partial charge is 0.352 e. The Kier molecular flexibility index (Phi) is 4.65. The highest BCUT2D eigenvalue weighted by Gasteiger charge is 2.18. The molecule has 1 aromatic carbocycles. The summed E-state index contributed by atoms with van der Waals surface area (Å²) in [4.78, 5) is 19.2. The molecular weight excluding hydrogens is 292 g/mol. The zero-order valence-corrected chi connectivity index (χ0v) is 13.1. The predicted octanol–water partition coefficient (Wildman–Crippen LogP) is 1.32. The lowest BCUT2D eigenvalue weighted by Crippen LogP contribution is -2.46. The second kappa shape index (κ2) is 7.04. The van der Waals surface area contributed by atoms with Gasteiger partial charge in [0.2, 0.25) is 12.4 Å². The number of hydrogen-bond donors (Lipinski definition) is 1. The van der Waals surface area contributed by atoms with Crippen molar-refractivity contribution >= 4 is 18.2 Å². The third-order valence-corrected chi connectivity index (χ3v) is 3.98. The molecule has 2 heterocycles. The Morgan fingerprint density at radius 1 is 1.17 bits per heavy atom. The molecule has 1 atom stereocenters. The van der Waals surface area contributed by atoms with Gasteiger partial charge >= 0.3 is 0 Å². The van der Waals surface area contributed by atoms with Crippen molar-refractivity contribution in [1.29, 1.82) is 0 Å². The molecule has 1 aliphatic rings. The van der Waals surface area contributed by atoms with Crippen LogP contribution in [-0.2, 0) is 4.79 Å². The monoisotopic (exact) mass is 312 g/mol. The average Bonchev–Trinajstić information content (AvgIpc) is 2.63. The fourth-order valence-corrected chi connectivity index (χ4v) is 2.58. The molecule has 2 aromatic rings. The molecule has 0 radical (unpaired) electrons. The standard InChI is InChI=1S/C16H20N6O/c1-13(14-5-3-2-4-6-14)18-16-19-15(11-17-20-16)22-9-7-21(12-23)8-10-22/h2-6,11-13H,7-10H2,1H3,(H,18,19,20). The Balaban J connectivity index is 1.67. The van der Waals surface area contributed by atoms with Crippen molar-refractivity contribution in [1.82, 2.24) is 20.1 Å². The van der Waals surface area contributed by atoms with Crippen LogP contribution in [0.5, 0.6) is 0 Å². The summed E-state index contributed by atoms with van der Waals surface area (Å²) in [5.74, 6) is 1.30. The maximum absolute atomic E-state index is 10.8. The van der Waals surface area contributed by atoms with Gasteiger partial charge in [0.1, 0.15) is 0 Å². The molecule has 1 amide bonds. The van der Waals surface area contributed by atoms with Crippen LogP contribution in [0.4, 0.5) is 11.8 Å². The SMILES string of the molecule is CC(Nc1nncc(N2CCN(C=O)CC2)n1)c1ccccc1. The number of nitrogens with zero attached hydrogens (tertiary/aromatic N) is 5. The summed E-state index contributed by atoms with van der Waals surface area (Å²) in [5, 5.41) is 11.4. The Hall–Kier alpha value is -2.70. The van der Waals surface area contributed by atoms with E-state index in [1.54, 1.807) is 11.1 Å². The van der Waals surface area contributed by atoms with Crippen molar-refractivity contribution in [3.8, 4) is 0 Å². The first kappa shape index (κ1) is 15.2. The number of nitrogens with one attached hydrogen (secondary N) is 1. The summed E-state index contributed by atoms with van der Waals surface area (Å²) in [6, 6.07) is 10.2. The Morgan fingerprint density at radius 2 is 1.91 bits per heavy atom. The van der Waals surface area contributed by atoms with Gasteiger partial charge in [-0.25, -0.2) is 0 Å². The summed E-state index contributed by atoms with van der Waals surface area (Å²) < 4.78 is 0. The van der Waals surface area contributed by atoms with E-state index in [-0.39, 0.29) is 6.04 Å². The molecule has 1 unspecified atom stereocenters. The smallest absolute Gasteiger partial charge is 0.245 e.